The van der Waals surface area contributed by atoms with Crippen LogP contribution in [0.15, 0.2) is 291 Å². The number of fused-ring (bicyclic) bond motifs is 9. The number of nitrogens with zero attached hydrogens (tertiary/aromatic N) is 10. The van der Waals surface area contributed by atoms with E-state index >= 15 is 0 Å². The van der Waals surface area contributed by atoms with Crippen molar-refractivity contribution in [3.05, 3.63) is 291 Å². The Bertz CT molecular complexity index is 3560. The van der Waals surface area contributed by atoms with Gasteiger partial charge in [0, 0.05) is 94.5 Å². The molecule has 14 heterocycles. The van der Waals surface area contributed by atoms with Crippen LogP contribution >= 0.6 is 34.0 Å². The number of benzene rings is 4. The fourth-order valence-corrected chi connectivity index (χ4v) is 9.95. The van der Waals surface area contributed by atoms with Gasteiger partial charge in [-0.25, -0.2) is 24.9 Å². The molecule has 0 amide bonds. The van der Waals surface area contributed by atoms with Crippen molar-refractivity contribution in [2.24, 2.45) is 0 Å². The number of aromatic nitrogens is 14. The molecule has 0 aliphatic heterocycles. The minimum absolute atomic E-state index is 0.956. The molecule has 0 unspecified atom stereocenters. The predicted octanol–water partition coefficient (Wildman–Crippen LogP) is 16.1. The Morgan fingerprint density at radius 3 is 1.89 bits per heavy atom. The van der Waals surface area contributed by atoms with Gasteiger partial charge in [-0.15, -0.1) is 34.0 Å². The highest BCUT2D eigenvalue weighted by atomic mass is 32.1. The van der Waals surface area contributed by atoms with E-state index in [1.807, 2.05) is 208 Å². The van der Waals surface area contributed by atoms with Gasteiger partial charge >= 0.3 is 0 Å². The summed E-state index contributed by atoms with van der Waals surface area (Å²) in [4.78, 5) is 34.6. The average Bonchev–Trinajstić information content (AvgIpc) is 4.36. The topological polar surface area (TPSA) is 167 Å². The lowest BCUT2D eigenvalue weighted by Gasteiger charge is -1.86. The van der Waals surface area contributed by atoms with Crippen molar-refractivity contribution in [1.82, 2.24) is 68.3 Å². The van der Waals surface area contributed by atoms with E-state index in [9.17, 15) is 0 Å². The Morgan fingerprint density at radius 2 is 1.06 bits per heavy atom. The number of para-hydroxylation sites is 4. The molecule has 0 atom stereocenters. The van der Waals surface area contributed by atoms with Crippen LogP contribution < -0.4 is 0 Å². The van der Waals surface area contributed by atoms with Crippen molar-refractivity contribution in [3.63, 3.8) is 0 Å². The molecule has 14 aromatic heterocycles. The second-order valence-corrected chi connectivity index (χ2v) is 19.7. The van der Waals surface area contributed by atoms with Gasteiger partial charge in [0.2, 0.25) is 0 Å². The zero-order chi connectivity index (χ0) is 54.2. The summed E-state index contributed by atoms with van der Waals surface area (Å²) in [5.41, 5.74) is 8.61. The number of rotatable bonds is 0. The normalized spacial score (nSPS) is 10.2. The Morgan fingerprint density at radius 1 is 0.375 bits per heavy atom. The van der Waals surface area contributed by atoms with E-state index in [1.165, 1.54) is 25.7 Å². The van der Waals surface area contributed by atoms with Crippen LogP contribution in [0.1, 0.15) is 0 Å². The summed E-state index contributed by atoms with van der Waals surface area (Å²) in [6, 6.07) is 60.7. The molecule has 0 bridgehead atoms. The van der Waals surface area contributed by atoms with Gasteiger partial charge < -0.3 is 23.8 Å². The van der Waals surface area contributed by atoms with Crippen molar-refractivity contribution in [2.75, 3.05) is 0 Å². The van der Waals surface area contributed by atoms with Crippen molar-refractivity contribution < 1.29 is 0 Å². The SMILES string of the molecule is c1ccc2[nH]ccc2c1.c1ccc2[nH]cnc2c1.c1ccc2[nH]ncc2c1.c1ccc2sccc2c1.c1ccn2ccnc2c1.c1ccn2cncc2c1.c1cn2ccsc2n1.c1cnc2[nH]ccc2c1.c1cnc2ccsc2c1. The molecule has 18 rings (SSSR count). The minimum Gasteiger partial charge on any atom is -0.361 e. The molecule has 0 aliphatic carbocycles. The summed E-state index contributed by atoms with van der Waals surface area (Å²) in [5, 5.41) is 17.9. The van der Waals surface area contributed by atoms with Gasteiger partial charge in [0.1, 0.15) is 11.3 Å². The number of hydrogen-bond acceptors (Lipinski definition) is 10. The third kappa shape index (κ3) is 15.0. The van der Waals surface area contributed by atoms with Crippen LogP contribution in [0.3, 0.4) is 0 Å². The van der Waals surface area contributed by atoms with E-state index in [2.05, 4.69) is 120 Å². The predicted molar refractivity (Wildman–Crippen MR) is 331 cm³/mol. The van der Waals surface area contributed by atoms with Crippen LogP contribution in [0.25, 0.3) is 80.3 Å². The summed E-state index contributed by atoms with van der Waals surface area (Å²) in [6.45, 7) is 0. The summed E-state index contributed by atoms with van der Waals surface area (Å²) >= 11 is 5.16. The number of H-pyrrole nitrogens is 4. The van der Waals surface area contributed by atoms with Gasteiger partial charge in [-0.3, -0.25) is 14.5 Å². The van der Waals surface area contributed by atoms with Crippen LogP contribution in [-0.2, 0) is 0 Å². The number of thiazole rings is 1. The monoisotopic (exact) mass is 1100 g/mol. The van der Waals surface area contributed by atoms with Crippen LogP contribution in [-0.4, -0.2) is 68.3 Å². The third-order valence-electron chi connectivity index (χ3n) is 11.7. The third-order valence-corrected chi connectivity index (χ3v) is 14.2. The van der Waals surface area contributed by atoms with Crippen LogP contribution in [0.4, 0.5) is 0 Å². The molecule has 80 heavy (non-hydrogen) atoms. The Kier molecular flexibility index (Phi) is 18.7. The highest BCUT2D eigenvalue weighted by Crippen LogP contribution is 2.19. The maximum atomic E-state index is 4.15. The first-order chi connectivity index (χ1) is 39.7. The first-order valence-electron chi connectivity index (χ1n) is 25.2. The Balaban J connectivity index is 0.000000101. The molecule has 4 N–H and O–H groups in total. The number of imidazole rings is 4. The van der Waals surface area contributed by atoms with Gasteiger partial charge in [0.15, 0.2) is 4.96 Å². The van der Waals surface area contributed by atoms with E-state index in [4.69, 9.17) is 0 Å². The van der Waals surface area contributed by atoms with Crippen LogP contribution in [0.2, 0.25) is 0 Å². The lowest BCUT2D eigenvalue weighted by molar-refractivity contribution is 1.12. The Labute approximate surface area is 471 Å². The number of thiophene rings is 2. The van der Waals surface area contributed by atoms with Crippen molar-refractivity contribution in [3.8, 4) is 0 Å². The van der Waals surface area contributed by atoms with E-state index in [0.29, 0.717) is 0 Å². The lowest BCUT2D eigenvalue weighted by Crippen LogP contribution is -1.77. The number of pyridine rings is 4. The fraction of sp³-hybridized carbons (Fsp3) is 0. The van der Waals surface area contributed by atoms with Gasteiger partial charge in [-0.05, 0) is 125 Å². The van der Waals surface area contributed by atoms with Gasteiger partial charge in [-0.2, -0.15) is 5.10 Å². The maximum Gasteiger partial charge on any atom is 0.193 e. The van der Waals surface area contributed by atoms with Crippen LogP contribution in [0, 0.1) is 0 Å². The van der Waals surface area contributed by atoms with Crippen LogP contribution in [0.5, 0.6) is 0 Å². The van der Waals surface area contributed by atoms with Crippen molar-refractivity contribution in [1.29, 1.82) is 0 Å². The molecule has 0 saturated carbocycles. The molecule has 18 aromatic rings. The highest BCUT2D eigenvalue weighted by molar-refractivity contribution is 7.17. The smallest absolute Gasteiger partial charge is 0.193 e. The van der Waals surface area contributed by atoms with E-state index in [0.717, 1.165) is 54.6 Å². The second kappa shape index (κ2) is 28.2. The zero-order valence-corrected chi connectivity index (χ0v) is 45.4. The molecule has 0 aliphatic rings. The maximum absolute atomic E-state index is 4.15. The largest absolute Gasteiger partial charge is 0.361 e. The standard InChI is InChI=1S/C8H7N.C8H6S.5C7H6N2.C7H5NS.C5H4N2S/c2*1-2-4-8-7(3-1)5-6-9-8;1-2-6-3-5-9-7(6)8-4-1;1-2-5-9-6-4-8-7(9)3-1;1-2-4-9-6-8-5-7(9)3-1;1-2-4-7-6(3-1)8-5-9-7;1-2-4-7-6(3-1)5-8-9-7;1-2-7-6(8-4-1)3-5-9-7;1-2-7-3-4-8-5(7)6-1/h1-6,9H;1-6H;1-5H,(H,8,9);2*1-6H;2*1-5H,(H,8,9);1-5H;1-4H. The van der Waals surface area contributed by atoms with Crippen molar-refractivity contribution in [2.45, 2.75) is 0 Å². The first kappa shape index (κ1) is 53.1. The molecule has 392 valence electrons. The molecule has 0 saturated heterocycles. The van der Waals surface area contributed by atoms with Gasteiger partial charge in [0.05, 0.1) is 57.3 Å². The summed E-state index contributed by atoms with van der Waals surface area (Å²) < 4.78 is 8.57. The first-order valence-corrected chi connectivity index (χ1v) is 27.8. The molecule has 0 radical (unpaired) electrons. The van der Waals surface area contributed by atoms with Crippen molar-refractivity contribution >= 4 is 114 Å². The van der Waals surface area contributed by atoms with E-state index in [1.54, 1.807) is 65.3 Å². The molecular formula is C63H52N14S3. The van der Waals surface area contributed by atoms with E-state index in [-0.39, 0.29) is 0 Å². The quantitative estimate of drug-likeness (QED) is 0.117. The second-order valence-electron chi connectivity index (χ2n) is 17.0. The molecule has 4 aromatic carbocycles. The minimum atomic E-state index is 0.956. The summed E-state index contributed by atoms with van der Waals surface area (Å²) in [6.07, 6.45) is 27.9. The molecule has 0 fully saturated rings. The fourth-order valence-electron chi connectivity index (χ4n) is 7.74. The molecular weight excluding hydrogens is 1050 g/mol. The molecule has 0 spiro atoms. The Hall–Kier alpha value is -10.3. The average molecular weight is 1100 g/mol. The highest BCUT2D eigenvalue weighted by Gasteiger charge is 1.94. The lowest BCUT2D eigenvalue weighted by atomic mass is 10.3. The number of nitrogens with one attached hydrogen (secondary N) is 4. The van der Waals surface area contributed by atoms with Gasteiger partial charge in [-0.1, -0.05) is 78.9 Å². The van der Waals surface area contributed by atoms with Gasteiger partial charge in [0.25, 0.3) is 0 Å². The molecule has 17 heteroatoms. The van der Waals surface area contributed by atoms with E-state index < -0.39 is 0 Å². The molecule has 14 nitrogen and oxygen atoms in total. The number of aromatic amines is 4. The summed E-state index contributed by atoms with van der Waals surface area (Å²) in [5.74, 6) is 0. The summed E-state index contributed by atoms with van der Waals surface area (Å²) in [7, 11) is 0. The zero-order valence-electron chi connectivity index (χ0n) is 42.9. The number of hydrogen-bond donors (Lipinski definition) is 4.